The standard InChI is InChI=1S/C17H25N3O/c1-2-3-12-21-13-8-4-7-11-18-17-15-9-5-6-10-16(15)19-14-20-17/h5-6,9-10,14H,2-4,7-8,11-13H2,1H3,(H,18,19,20). The van der Waals surface area contributed by atoms with Gasteiger partial charge in [-0.25, -0.2) is 9.97 Å². The molecule has 114 valence electrons. The van der Waals surface area contributed by atoms with Crippen molar-refractivity contribution in [1.29, 1.82) is 0 Å². The predicted molar refractivity (Wildman–Crippen MR) is 87.6 cm³/mol. The molecule has 0 aliphatic heterocycles. The van der Waals surface area contributed by atoms with Crippen LogP contribution in [0.4, 0.5) is 5.82 Å². The molecule has 0 unspecified atom stereocenters. The number of nitrogens with one attached hydrogen (secondary N) is 1. The quantitative estimate of drug-likeness (QED) is 0.670. The summed E-state index contributed by atoms with van der Waals surface area (Å²) in [6.07, 6.45) is 7.44. The van der Waals surface area contributed by atoms with Gasteiger partial charge in [0, 0.05) is 25.1 Å². The summed E-state index contributed by atoms with van der Waals surface area (Å²) < 4.78 is 5.56. The third-order valence-corrected chi connectivity index (χ3v) is 3.44. The zero-order valence-electron chi connectivity index (χ0n) is 12.8. The topological polar surface area (TPSA) is 47.0 Å². The molecule has 0 bridgehead atoms. The molecule has 1 heterocycles. The lowest BCUT2D eigenvalue weighted by molar-refractivity contribution is 0.127. The van der Waals surface area contributed by atoms with Gasteiger partial charge in [-0.05, 0) is 37.8 Å². The average Bonchev–Trinajstić information content (AvgIpc) is 2.53. The highest BCUT2D eigenvalue weighted by Crippen LogP contribution is 2.18. The first kappa shape index (κ1) is 15.7. The van der Waals surface area contributed by atoms with Gasteiger partial charge in [0.25, 0.3) is 0 Å². The van der Waals surface area contributed by atoms with Crippen molar-refractivity contribution in [2.24, 2.45) is 0 Å². The Morgan fingerprint density at radius 2 is 1.86 bits per heavy atom. The van der Waals surface area contributed by atoms with Gasteiger partial charge in [0.15, 0.2) is 0 Å². The Balaban J connectivity index is 1.64. The number of hydrogen-bond donors (Lipinski definition) is 1. The third kappa shape index (κ3) is 5.31. The Morgan fingerprint density at radius 1 is 1.00 bits per heavy atom. The zero-order chi connectivity index (χ0) is 14.8. The minimum absolute atomic E-state index is 0.885. The summed E-state index contributed by atoms with van der Waals surface area (Å²) in [6.45, 7) is 4.92. The SMILES string of the molecule is CCCCOCCCCCNc1ncnc2ccccc12. The summed E-state index contributed by atoms with van der Waals surface area (Å²) in [5.41, 5.74) is 0.985. The molecule has 1 aromatic heterocycles. The molecule has 0 radical (unpaired) electrons. The van der Waals surface area contributed by atoms with Crippen LogP contribution >= 0.6 is 0 Å². The Kier molecular flexibility index (Phi) is 6.95. The number of rotatable bonds is 10. The van der Waals surface area contributed by atoms with Crippen molar-refractivity contribution >= 4 is 16.7 Å². The van der Waals surface area contributed by atoms with E-state index in [1.54, 1.807) is 6.33 Å². The second kappa shape index (κ2) is 9.29. The van der Waals surface area contributed by atoms with E-state index >= 15 is 0 Å². The van der Waals surface area contributed by atoms with E-state index in [9.17, 15) is 0 Å². The second-order valence-corrected chi connectivity index (χ2v) is 5.19. The van der Waals surface area contributed by atoms with E-state index in [1.165, 1.54) is 19.3 Å². The van der Waals surface area contributed by atoms with Crippen molar-refractivity contribution in [3.63, 3.8) is 0 Å². The Hall–Kier alpha value is -1.68. The Morgan fingerprint density at radius 3 is 2.76 bits per heavy atom. The lowest BCUT2D eigenvalue weighted by Gasteiger charge is -2.08. The van der Waals surface area contributed by atoms with E-state index in [0.29, 0.717) is 0 Å². The molecule has 0 aliphatic carbocycles. The van der Waals surface area contributed by atoms with E-state index in [4.69, 9.17) is 4.74 Å². The molecule has 21 heavy (non-hydrogen) atoms. The van der Waals surface area contributed by atoms with Crippen LogP contribution in [-0.2, 0) is 4.74 Å². The minimum Gasteiger partial charge on any atom is -0.381 e. The van der Waals surface area contributed by atoms with Gasteiger partial charge in [-0.1, -0.05) is 25.5 Å². The number of aromatic nitrogens is 2. The van der Waals surface area contributed by atoms with Crippen molar-refractivity contribution in [1.82, 2.24) is 9.97 Å². The average molecular weight is 287 g/mol. The van der Waals surface area contributed by atoms with Crippen molar-refractivity contribution in [2.75, 3.05) is 25.1 Å². The fourth-order valence-electron chi connectivity index (χ4n) is 2.21. The van der Waals surface area contributed by atoms with Gasteiger partial charge in [0.1, 0.15) is 12.1 Å². The Labute approximate surface area is 127 Å². The monoisotopic (exact) mass is 287 g/mol. The number of nitrogens with zero attached hydrogens (tertiary/aromatic N) is 2. The number of unbranched alkanes of at least 4 members (excludes halogenated alkanes) is 3. The van der Waals surface area contributed by atoms with E-state index in [1.807, 2.05) is 18.2 Å². The highest BCUT2D eigenvalue weighted by Gasteiger charge is 2.01. The van der Waals surface area contributed by atoms with Crippen LogP contribution in [0.3, 0.4) is 0 Å². The molecule has 4 heteroatoms. The van der Waals surface area contributed by atoms with E-state index in [-0.39, 0.29) is 0 Å². The summed E-state index contributed by atoms with van der Waals surface area (Å²) >= 11 is 0. The maximum Gasteiger partial charge on any atom is 0.137 e. The fourth-order valence-corrected chi connectivity index (χ4v) is 2.21. The second-order valence-electron chi connectivity index (χ2n) is 5.19. The van der Waals surface area contributed by atoms with Gasteiger partial charge in [-0.3, -0.25) is 0 Å². The summed E-state index contributed by atoms with van der Waals surface area (Å²) in [4.78, 5) is 8.60. The first-order chi connectivity index (χ1) is 10.4. The molecule has 4 nitrogen and oxygen atoms in total. The summed E-state index contributed by atoms with van der Waals surface area (Å²) in [6, 6.07) is 8.08. The molecule has 0 atom stereocenters. The number of anilines is 1. The first-order valence-electron chi connectivity index (χ1n) is 7.93. The minimum atomic E-state index is 0.885. The number of benzene rings is 1. The molecule has 0 amide bonds. The molecule has 2 aromatic rings. The molecule has 1 N–H and O–H groups in total. The van der Waals surface area contributed by atoms with E-state index < -0.39 is 0 Å². The van der Waals surface area contributed by atoms with Gasteiger partial charge < -0.3 is 10.1 Å². The lowest BCUT2D eigenvalue weighted by Crippen LogP contribution is -2.05. The molecule has 2 rings (SSSR count). The molecule has 1 aromatic carbocycles. The van der Waals surface area contributed by atoms with Crippen LogP contribution in [0.15, 0.2) is 30.6 Å². The number of fused-ring (bicyclic) bond motifs is 1. The molecule has 0 saturated carbocycles. The molecule has 0 aliphatic rings. The van der Waals surface area contributed by atoms with Crippen LogP contribution in [0.1, 0.15) is 39.0 Å². The maximum atomic E-state index is 5.56. The zero-order valence-corrected chi connectivity index (χ0v) is 12.8. The highest BCUT2D eigenvalue weighted by molar-refractivity contribution is 5.88. The molecular weight excluding hydrogens is 262 g/mol. The van der Waals surface area contributed by atoms with Crippen LogP contribution in [0.25, 0.3) is 10.9 Å². The third-order valence-electron chi connectivity index (χ3n) is 3.44. The van der Waals surface area contributed by atoms with Crippen LogP contribution in [0.2, 0.25) is 0 Å². The first-order valence-corrected chi connectivity index (χ1v) is 7.93. The van der Waals surface area contributed by atoms with Gasteiger partial charge in [-0.2, -0.15) is 0 Å². The number of hydrogen-bond acceptors (Lipinski definition) is 4. The predicted octanol–water partition coefficient (Wildman–Crippen LogP) is 4.03. The van der Waals surface area contributed by atoms with Crippen LogP contribution in [0.5, 0.6) is 0 Å². The van der Waals surface area contributed by atoms with Crippen LogP contribution in [0, 0.1) is 0 Å². The number of ether oxygens (including phenoxy) is 1. The summed E-state index contributed by atoms with van der Waals surface area (Å²) in [5.74, 6) is 0.930. The smallest absolute Gasteiger partial charge is 0.137 e. The van der Waals surface area contributed by atoms with Crippen LogP contribution < -0.4 is 5.32 Å². The normalized spacial score (nSPS) is 10.9. The van der Waals surface area contributed by atoms with Gasteiger partial charge in [0.05, 0.1) is 5.52 Å². The van der Waals surface area contributed by atoms with Gasteiger partial charge in [0.2, 0.25) is 0 Å². The highest BCUT2D eigenvalue weighted by atomic mass is 16.5. The summed E-state index contributed by atoms with van der Waals surface area (Å²) in [7, 11) is 0. The molecule has 0 spiro atoms. The van der Waals surface area contributed by atoms with E-state index in [0.717, 1.165) is 49.3 Å². The van der Waals surface area contributed by atoms with Crippen molar-refractivity contribution < 1.29 is 4.74 Å². The van der Waals surface area contributed by atoms with Gasteiger partial charge in [-0.15, -0.1) is 0 Å². The molecule has 0 fully saturated rings. The van der Waals surface area contributed by atoms with Crippen molar-refractivity contribution in [3.05, 3.63) is 30.6 Å². The maximum absolute atomic E-state index is 5.56. The van der Waals surface area contributed by atoms with Crippen molar-refractivity contribution in [2.45, 2.75) is 39.0 Å². The lowest BCUT2D eigenvalue weighted by atomic mass is 10.2. The van der Waals surface area contributed by atoms with Crippen LogP contribution in [-0.4, -0.2) is 29.7 Å². The van der Waals surface area contributed by atoms with Gasteiger partial charge >= 0.3 is 0 Å². The number of para-hydroxylation sites is 1. The van der Waals surface area contributed by atoms with E-state index in [2.05, 4.69) is 28.3 Å². The molecule has 0 saturated heterocycles. The summed E-state index contributed by atoms with van der Waals surface area (Å²) in [5, 5.41) is 4.49. The largest absolute Gasteiger partial charge is 0.381 e. The van der Waals surface area contributed by atoms with Crippen molar-refractivity contribution in [3.8, 4) is 0 Å². The Bertz CT molecular complexity index is 525. The fraction of sp³-hybridized carbons (Fsp3) is 0.529. The molecular formula is C17H25N3O.